The molecule has 2 aromatic heterocycles. The summed E-state index contributed by atoms with van der Waals surface area (Å²) < 4.78 is 12.1. The fourth-order valence-electron chi connectivity index (χ4n) is 3.03. The van der Waals surface area contributed by atoms with Crippen molar-refractivity contribution in [1.82, 2.24) is 14.5 Å². The first-order chi connectivity index (χ1) is 13.9. The average Bonchev–Trinajstić information content (AvgIpc) is 3.17. The highest BCUT2D eigenvalue weighted by atomic mass is 32.1. The third-order valence-electron chi connectivity index (χ3n) is 4.49. The molecule has 0 aliphatic carbocycles. The van der Waals surface area contributed by atoms with Gasteiger partial charge in [0.2, 0.25) is 5.95 Å². The fraction of sp³-hybridized carbons (Fsp3) is 0.222. The summed E-state index contributed by atoms with van der Waals surface area (Å²) in [6, 6.07) is 8.39. The van der Waals surface area contributed by atoms with E-state index in [0.29, 0.717) is 16.9 Å². The van der Waals surface area contributed by atoms with Crippen LogP contribution < -0.4 is 16.2 Å². The predicted octanol–water partition coefficient (Wildman–Crippen LogP) is 0.400. The lowest BCUT2D eigenvalue weighted by Crippen LogP contribution is -2.28. The normalized spacial score (nSPS) is 21.6. The topological polar surface area (TPSA) is 150 Å². The molecular weight excluding hydrogens is 400 g/mol. The number of ether oxygens (including phenoxy) is 2. The molecule has 1 aromatic carbocycles. The van der Waals surface area contributed by atoms with Crippen molar-refractivity contribution in [2.45, 2.75) is 18.4 Å². The number of aromatic nitrogens is 3. The van der Waals surface area contributed by atoms with Crippen LogP contribution in [-0.2, 0) is 9.47 Å². The molecule has 0 spiro atoms. The lowest BCUT2D eigenvalue weighted by molar-refractivity contribution is -0.0534. The Balaban J connectivity index is 1.58. The molecule has 11 heteroatoms. The number of nitrogens with one attached hydrogen (secondary N) is 1. The van der Waals surface area contributed by atoms with E-state index in [0.717, 1.165) is 4.57 Å². The Labute approximate surface area is 166 Å². The molecule has 3 aromatic rings. The first-order valence-electron chi connectivity index (χ1n) is 8.52. The summed E-state index contributed by atoms with van der Waals surface area (Å²) in [5.74, 6) is -0.729. The third kappa shape index (κ3) is 3.35. The molecule has 1 fully saturated rings. The van der Waals surface area contributed by atoms with Crippen molar-refractivity contribution in [3.05, 3.63) is 68.1 Å². The molecule has 0 radical (unpaired) electrons. The molecule has 4 rings (SSSR count). The van der Waals surface area contributed by atoms with Crippen molar-refractivity contribution >= 4 is 33.6 Å². The highest BCUT2D eigenvalue weighted by Gasteiger charge is 2.41. The van der Waals surface area contributed by atoms with Gasteiger partial charge in [0.25, 0.3) is 5.56 Å². The van der Waals surface area contributed by atoms with Crippen LogP contribution in [0.3, 0.4) is 0 Å². The maximum Gasteiger partial charge on any atom is 0.338 e. The number of thiazole rings is 1. The van der Waals surface area contributed by atoms with Gasteiger partial charge in [-0.15, -0.1) is 0 Å². The number of H-pyrrole nitrogens is 1. The summed E-state index contributed by atoms with van der Waals surface area (Å²) in [5, 5.41) is 10.5. The number of benzene rings is 1. The molecule has 0 amide bonds. The van der Waals surface area contributed by atoms with Crippen molar-refractivity contribution in [2.24, 2.45) is 0 Å². The molecule has 0 saturated carbocycles. The summed E-state index contributed by atoms with van der Waals surface area (Å²) in [7, 11) is 0. The van der Waals surface area contributed by atoms with E-state index in [1.165, 1.54) is 0 Å². The highest BCUT2D eigenvalue weighted by Crippen LogP contribution is 2.34. The number of hydrogen-bond acceptors (Lipinski definition) is 9. The van der Waals surface area contributed by atoms with Crippen LogP contribution in [0.15, 0.2) is 52.1 Å². The molecule has 150 valence electrons. The van der Waals surface area contributed by atoms with E-state index in [9.17, 15) is 19.5 Å². The van der Waals surface area contributed by atoms with Gasteiger partial charge in [0.1, 0.15) is 23.5 Å². The van der Waals surface area contributed by atoms with E-state index < -0.39 is 34.8 Å². The Morgan fingerprint density at radius 3 is 2.83 bits per heavy atom. The largest absolute Gasteiger partial charge is 0.459 e. The average molecular weight is 416 g/mol. The van der Waals surface area contributed by atoms with Crippen LogP contribution in [-0.4, -0.2) is 44.4 Å². The Morgan fingerprint density at radius 2 is 2.10 bits per heavy atom. The van der Waals surface area contributed by atoms with Gasteiger partial charge in [0.05, 0.1) is 5.56 Å². The second-order valence-corrected chi connectivity index (χ2v) is 7.30. The third-order valence-corrected chi connectivity index (χ3v) is 5.43. The second kappa shape index (κ2) is 7.28. The minimum Gasteiger partial charge on any atom is -0.459 e. The molecular formula is C18H16N4O6S. The zero-order chi connectivity index (χ0) is 20.7. The van der Waals surface area contributed by atoms with E-state index in [1.54, 1.807) is 30.3 Å². The van der Waals surface area contributed by atoms with Gasteiger partial charge in [0.15, 0.2) is 11.9 Å². The van der Waals surface area contributed by atoms with Crippen molar-refractivity contribution in [2.75, 3.05) is 12.3 Å². The number of hydrogen-bond donors (Lipinski definition) is 3. The number of aliphatic hydroxyl groups is 1. The second-order valence-electron chi connectivity index (χ2n) is 6.34. The number of anilines is 1. The molecule has 10 nitrogen and oxygen atoms in total. The predicted molar refractivity (Wildman–Crippen MR) is 105 cm³/mol. The van der Waals surface area contributed by atoms with Gasteiger partial charge < -0.3 is 20.3 Å². The molecule has 3 atom stereocenters. The van der Waals surface area contributed by atoms with Crippen LogP contribution in [0.5, 0.6) is 0 Å². The summed E-state index contributed by atoms with van der Waals surface area (Å²) in [6.07, 6.45) is -3.30. The van der Waals surface area contributed by atoms with Crippen molar-refractivity contribution < 1.29 is 19.4 Å². The van der Waals surface area contributed by atoms with Crippen LogP contribution in [0.25, 0.3) is 10.3 Å². The van der Waals surface area contributed by atoms with Crippen molar-refractivity contribution in [3.63, 3.8) is 0 Å². The maximum atomic E-state index is 12.4. The minimum atomic E-state index is -1.27. The Morgan fingerprint density at radius 1 is 1.38 bits per heavy atom. The van der Waals surface area contributed by atoms with E-state index in [4.69, 9.17) is 15.2 Å². The Hall–Kier alpha value is -3.28. The van der Waals surface area contributed by atoms with Gasteiger partial charge >= 0.3 is 10.8 Å². The van der Waals surface area contributed by atoms with Crippen LogP contribution in [0.2, 0.25) is 0 Å². The van der Waals surface area contributed by atoms with Crippen LogP contribution >= 0.6 is 11.3 Å². The molecule has 3 heterocycles. The van der Waals surface area contributed by atoms with Crippen molar-refractivity contribution in [1.29, 1.82) is 0 Å². The number of carbonyl (C=O) groups excluding carboxylic acids is 1. The first kappa shape index (κ1) is 19.1. The van der Waals surface area contributed by atoms with E-state index >= 15 is 0 Å². The summed E-state index contributed by atoms with van der Waals surface area (Å²) >= 11 is 0.660. The number of aliphatic hydroxyl groups excluding tert-OH is 1. The van der Waals surface area contributed by atoms with Crippen LogP contribution in [0.1, 0.15) is 16.6 Å². The number of esters is 1. The fourth-order valence-corrected chi connectivity index (χ4v) is 3.87. The van der Waals surface area contributed by atoms with Gasteiger partial charge in [0, 0.05) is 0 Å². The summed E-state index contributed by atoms with van der Waals surface area (Å²) in [4.78, 5) is 42.3. The first-order valence-corrected chi connectivity index (χ1v) is 9.33. The molecule has 0 unspecified atom stereocenters. The quantitative estimate of drug-likeness (QED) is 0.409. The van der Waals surface area contributed by atoms with Gasteiger partial charge in [-0.3, -0.25) is 19.1 Å². The number of carbonyl (C=O) groups is 1. The summed E-state index contributed by atoms with van der Waals surface area (Å²) in [5.41, 5.74) is 5.61. The number of nitrogens with two attached hydrogens (primary N) is 1. The number of fused-ring (bicyclic) bond motifs is 1. The SMILES string of the molecule is C=C1[C@@H](O)[C@H](n2c(=O)sc3c(=O)[nH]c(N)nc32)O[C@@H]1COC(=O)c1ccccc1. The van der Waals surface area contributed by atoms with Crippen molar-refractivity contribution in [3.8, 4) is 0 Å². The molecule has 4 N–H and O–H groups in total. The molecule has 29 heavy (non-hydrogen) atoms. The highest BCUT2D eigenvalue weighted by molar-refractivity contribution is 7.16. The number of nitrogens with zero attached hydrogens (tertiary/aromatic N) is 2. The molecule has 1 aliphatic rings. The lowest BCUT2D eigenvalue weighted by Gasteiger charge is -2.16. The van der Waals surface area contributed by atoms with Gasteiger partial charge in [-0.05, 0) is 17.7 Å². The van der Waals surface area contributed by atoms with E-state index in [2.05, 4.69) is 16.5 Å². The van der Waals surface area contributed by atoms with Crippen LogP contribution in [0.4, 0.5) is 5.95 Å². The monoisotopic (exact) mass is 416 g/mol. The Bertz CT molecular complexity index is 1210. The minimum absolute atomic E-state index is 0.0000281. The smallest absolute Gasteiger partial charge is 0.338 e. The van der Waals surface area contributed by atoms with E-state index in [-0.39, 0.29) is 28.5 Å². The summed E-state index contributed by atoms with van der Waals surface area (Å²) in [6.45, 7) is 3.58. The zero-order valence-electron chi connectivity index (χ0n) is 14.9. The molecule has 0 bridgehead atoms. The zero-order valence-corrected chi connectivity index (χ0v) is 15.7. The Kier molecular flexibility index (Phi) is 4.78. The molecule has 1 saturated heterocycles. The number of aromatic amines is 1. The van der Waals surface area contributed by atoms with Gasteiger partial charge in [-0.1, -0.05) is 36.1 Å². The number of rotatable bonds is 4. The van der Waals surface area contributed by atoms with Crippen LogP contribution in [0, 0.1) is 0 Å². The van der Waals surface area contributed by atoms with E-state index in [1.807, 2.05) is 0 Å². The maximum absolute atomic E-state index is 12.4. The molecule has 1 aliphatic heterocycles. The number of nitrogen functional groups attached to an aromatic ring is 1. The lowest BCUT2D eigenvalue weighted by atomic mass is 10.1. The standard InChI is InChI=1S/C18H16N4O6S/c1-8-10(7-27-16(25)9-5-3-2-4-6-9)28-15(11(8)23)22-13-12(29-18(22)26)14(24)21-17(19)20-13/h2-6,10-11,15,23H,1,7H2,(H3,19,20,21,24)/t10-,11-,15-/m1/s1. The van der Waals surface area contributed by atoms with Gasteiger partial charge in [-0.25, -0.2) is 4.79 Å². The van der Waals surface area contributed by atoms with Gasteiger partial charge in [-0.2, -0.15) is 4.98 Å².